The fourth-order valence-electron chi connectivity index (χ4n) is 2.29. The highest BCUT2D eigenvalue weighted by Crippen LogP contribution is 2.22. The Labute approximate surface area is 139 Å². The van der Waals surface area contributed by atoms with Crippen LogP contribution in [0.25, 0.3) is 0 Å². The van der Waals surface area contributed by atoms with Crippen LogP contribution < -0.4 is 4.72 Å². The van der Waals surface area contributed by atoms with E-state index < -0.39 is 10.0 Å². The van der Waals surface area contributed by atoms with E-state index in [-0.39, 0.29) is 10.0 Å². The molecule has 2 heterocycles. The molecule has 0 saturated carbocycles. The van der Waals surface area contributed by atoms with Gasteiger partial charge in [0.15, 0.2) is 0 Å². The van der Waals surface area contributed by atoms with Crippen molar-refractivity contribution in [1.29, 1.82) is 0 Å². The molecule has 0 spiro atoms. The van der Waals surface area contributed by atoms with E-state index in [1.807, 2.05) is 0 Å². The molecule has 1 saturated heterocycles. The van der Waals surface area contributed by atoms with Crippen molar-refractivity contribution in [3.8, 4) is 0 Å². The molecule has 0 radical (unpaired) electrons. The third kappa shape index (κ3) is 4.89. The Balaban J connectivity index is 1.91. The zero-order valence-electron chi connectivity index (χ0n) is 11.8. The summed E-state index contributed by atoms with van der Waals surface area (Å²) in [4.78, 5) is 6.13. The number of rotatable bonds is 5. The van der Waals surface area contributed by atoms with Gasteiger partial charge in [-0.1, -0.05) is 18.5 Å². The van der Waals surface area contributed by atoms with E-state index in [2.05, 4.69) is 37.5 Å². The Morgan fingerprint density at radius 2 is 2.14 bits per heavy atom. The van der Waals surface area contributed by atoms with Gasteiger partial charge in [0.05, 0.1) is 0 Å². The minimum absolute atomic E-state index is 0.00538. The monoisotopic (exact) mass is 395 g/mol. The van der Waals surface area contributed by atoms with Crippen LogP contribution in [0.3, 0.4) is 0 Å². The molecular formula is C13H19BrClN3O2S. The summed E-state index contributed by atoms with van der Waals surface area (Å²) in [5.74, 6) is 0.768. The third-order valence-electron chi connectivity index (χ3n) is 3.66. The number of likely N-dealkylation sites (tertiary alicyclic amines) is 1. The Morgan fingerprint density at radius 1 is 1.48 bits per heavy atom. The molecule has 0 amide bonds. The van der Waals surface area contributed by atoms with Crippen molar-refractivity contribution >= 4 is 37.6 Å². The summed E-state index contributed by atoms with van der Waals surface area (Å²) in [5, 5.41) is -0.0162. The van der Waals surface area contributed by atoms with Gasteiger partial charge in [0.2, 0.25) is 10.0 Å². The number of aromatic nitrogens is 1. The molecule has 118 valence electrons. The van der Waals surface area contributed by atoms with Crippen LogP contribution in [-0.2, 0) is 10.0 Å². The van der Waals surface area contributed by atoms with Gasteiger partial charge in [-0.15, -0.1) is 0 Å². The van der Waals surface area contributed by atoms with Crippen LogP contribution in [0.5, 0.6) is 0 Å². The van der Waals surface area contributed by atoms with Crippen molar-refractivity contribution in [1.82, 2.24) is 14.6 Å². The molecular weight excluding hydrogens is 378 g/mol. The van der Waals surface area contributed by atoms with E-state index in [1.165, 1.54) is 25.1 Å². The van der Waals surface area contributed by atoms with E-state index >= 15 is 0 Å². The predicted octanol–water partition coefficient (Wildman–Crippen LogP) is 2.51. The van der Waals surface area contributed by atoms with Crippen molar-refractivity contribution in [2.45, 2.75) is 24.7 Å². The van der Waals surface area contributed by atoms with Crippen LogP contribution in [0.4, 0.5) is 0 Å². The van der Waals surface area contributed by atoms with Crippen molar-refractivity contribution in [2.24, 2.45) is 5.92 Å². The maximum absolute atomic E-state index is 12.2. The number of hydrogen-bond acceptors (Lipinski definition) is 4. The standard InChI is InChI=1S/C13H19BrClN3O2S/c1-10-2-5-18(6-3-10)7-4-17-21(19,20)12-8-11(14)9-16-13(12)15/h8-10,17H,2-7H2,1H3. The van der Waals surface area contributed by atoms with Gasteiger partial charge in [0.25, 0.3) is 0 Å². The lowest BCUT2D eigenvalue weighted by atomic mass is 9.99. The zero-order chi connectivity index (χ0) is 15.5. The van der Waals surface area contributed by atoms with E-state index in [9.17, 15) is 8.42 Å². The quantitative estimate of drug-likeness (QED) is 0.777. The lowest BCUT2D eigenvalue weighted by Gasteiger charge is -2.30. The first-order valence-corrected chi connectivity index (χ1v) is 9.57. The van der Waals surface area contributed by atoms with Crippen molar-refractivity contribution in [3.63, 3.8) is 0 Å². The minimum Gasteiger partial charge on any atom is -0.302 e. The average molecular weight is 397 g/mol. The smallest absolute Gasteiger partial charge is 0.243 e. The molecule has 5 nitrogen and oxygen atoms in total. The zero-order valence-corrected chi connectivity index (χ0v) is 15.0. The molecule has 2 rings (SSSR count). The minimum atomic E-state index is -3.63. The fraction of sp³-hybridized carbons (Fsp3) is 0.615. The molecule has 1 aromatic heterocycles. The summed E-state index contributed by atoms with van der Waals surface area (Å²) >= 11 is 9.07. The SMILES string of the molecule is CC1CCN(CCNS(=O)(=O)c2cc(Br)cnc2Cl)CC1. The highest BCUT2D eigenvalue weighted by Gasteiger charge is 2.20. The first-order valence-electron chi connectivity index (χ1n) is 6.91. The van der Waals surface area contributed by atoms with Crippen LogP contribution in [0, 0.1) is 5.92 Å². The molecule has 1 aliphatic heterocycles. The lowest BCUT2D eigenvalue weighted by Crippen LogP contribution is -2.39. The highest BCUT2D eigenvalue weighted by molar-refractivity contribution is 9.10. The third-order valence-corrected chi connectivity index (χ3v) is 5.98. The second kappa shape index (κ2) is 7.37. The lowest BCUT2D eigenvalue weighted by molar-refractivity contribution is 0.195. The second-order valence-electron chi connectivity index (χ2n) is 5.36. The Morgan fingerprint density at radius 3 is 2.81 bits per heavy atom. The summed E-state index contributed by atoms with van der Waals surface area (Å²) in [5.41, 5.74) is 0. The van der Waals surface area contributed by atoms with Gasteiger partial charge in [0, 0.05) is 23.8 Å². The van der Waals surface area contributed by atoms with Crippen LogP contribution in [-0.4, -0.2) is 44.5 Å². The van der Waals surface area contributed by atoms with Crippen molar-refractivity contribution < 1.29 is 8.42 Å². The number of nitrogens with one attached hydrogen (secondary N) is 1. The molecule has 0 unspecified atom stereocenters. The Hall–Kier alpha value is -0.210. The molecule has 0 bridgehead atoms. The first kappa shape index (κ1) is 17.1. The summed E-state index contributed by atoms with van der Waals surface area (Å²) in [6.45, 7) is 5.40. The van der Waals surface area contributed by atoms with E-state index in [4.69, 9.17) is 11.6 Å². The molecule has 0 atom stereocenters. The molecule has 21 heavy (non-hydrogen) atoms. The summed E-state index contributed by atoms with van der Waals surface area (Å²) in [6.07, 6.45) is 3.82. The molecule has 0 aliphatic carbocycles. The van der Waals surface area contributed by atoms with E-state index in [0.717, 1.165) is 19.0 Å². The number of hydrogen-bond donors (Lipinski definition) is 1. The maximum Gasteiger partial charge on any atom is 0.243 e. The van der Waals surface area contributed by atoms with Crippen LogP contribution in [0.1, 0.15) is 19.8 Å². The number of nitrogens with zero attached hydrogens (tertiary/aromatic N) is 2. The fourth-order valence-corrected chi connectivity index (χ4v) is 4.26. The average Bonchev–Trinajstić information content (AvgIpc) is 2.43. The summed E-state index contributed by atoms with van der Waals surface area (Å²) < 4.78 is 27.6. The molecule has 8 heteroatoms. The molecule has 1 aliphatic rings. The van der Waals surface area contributed by atoms with Gasteiger partial charge in [0.1, 0.15) is 10.0 Å². The van der Waals surface area contributed by atoms with Gasteiger partial charge >= 0.3 is 0 Å². The molecule has 1 fully saturated rings. The van der Waals surface area contributed by atoms with E-state index in [0.29, 0.717) is 17.6 Å². The van der Waals surface area contributed by atoms with Gasteiger partial charge < -0.3 is 4.90 Å². The predicted molar refractivity (Wildman–Crippen MR) is 87.0 cm³/mol. The van der Waals surface area contributed by atoms with Gasteiger partial charge in [-0.05, 0) is 53.8 Å². The number of pyridine rings is 1. The van der Waals surface area contributed by atoms with Crippen molar-refractivity contribution in [3.05, 3.63) is 21.9 Å². The molecule has 0 aromatic carbocycles. The first-order chi connectivity index (χ1) is 9.88. The number of piperidine rings is 1. The van der Waals surface area contributed by atoms with E-state index in [1.54, 1.807) is 0 Å². The maximum atomic E-state index is 12.2. The Kier molecular flexibility index (Phi) is 6.02. The van der Waals surface area contributed by atoms with Crippen LogP contribution in [0.15, 0.2) is 21.6 Å². The number of sulfonamides is 1. The highest BCUT2D eigenvalue weighted by atomic mass is 79.9. The van der Waals surface area contributed by atoms with Gasteiger partial charge in [-0.2, -0.15) is 0 Å². The Bertz CT molecular complexity index is 589. The topological polar surface area (TPSA) is 62.3 Å². The summed E-state index contributed by atoms with van der Waals surface area (Å²) in [7, 11) is -3.63. The van der Waals surface area contributed by atoms with Crippen LogP contribution in [0.2, 0.25) is 5.15 Å². The normalized spacial score (nSPS) is 18.0. The molecule has 1 aromatic rings. The summed E-state index contributed by atoms with van der Waals surface area (Å²) in [6, 6.07) is 1.46. The van der Waals surface area contributed by atoms with Crippen molar-refractivity contribution in [2.75, 3.05) is 26.2 Å². The number of halogens is 2. The largest absolute Gasteiger partial charge is 0.302 e. The second-order valence-corrected chi connectivity index (χ2v) is 8.37. The van der Waals surface area contributed by atoms with Gasteiger partial charge in [-0.3, -0.25) is 0 Å². The van der Waals surface area contributed by atoms with Crippen LogP contribution >= 0.6 is 27.5 Å². The van der Waals surface area contributed by atoms with Gasteiger partial charge in [-0.25, -0.2) is 18.1 Å². The molecule has 1 N–H and O–H groups in total.